The standard InChI is InChI=1S/C20H16F8N4/c1-11(2)32-10-31-16-15(29-9-30-17(16)32)13-6-4-3-5-12(13)7-8-14(21)18(22,23)19(24,25)20(26,27)28/h3-6,8-11H,7H2,1-2H3/b14-8+. The smallest absolute Gasteiger partial charge is 0.313 e. The lowest BCUT2D eigenvalue weighted by Gasteiger charge is -2.27. The largest absolute Gasteiger partial charge is 0.460 e. The van der Waals surface area contributed by atoms with Crippen LogP contribution in [0.25, 0.3) is 22.4 Å². The Morgan fingerprint density at radius 1 is 1.00 bits per heavy atom. The number of alkyl halides is 7. The molecule has 2 heterocycles. The van der Waals surface area contributed by atoms with Gasteiger partial charge in [-0.25, -0.2) is 19.3 Å². The molecule has 172 valence electrons. The van der Waals surface area contributed by atoms with Crippen LogP contribution < -0.4 is 0 Å². The second-order valence-corrected chi connectivity index (χ2v) is 7.20. The first-order valence-electron chi connectivity index (χ1n) is 9.23. The molecular formula is C20H16F8N4. The van der Waals surface area contributed by atoms with E-state index in [1.54, 1.807) is 10.6 Å². The Morgan fingerprint density at radius 2 is 1.66 bits per heavy atom. The van der Waals surface area contributed by atoms with Gasteiger partial charge in [-0.1, -0.05) is 24.3 Å². The minimum absolute atomic E-state index is 0.00356. The van der Waals surface area contributed by atoms with Crippen molar-refractivity contribution in [1.82, 2.24) is 19.5 Å². The summed E-state index contributed by atoms with van der Waals surface area (Å²) in [7, 11) is 0. The predicted octanol–water partition coefficient (Wildman–Crippen LogP) is 6.30. The van der Waals surface area contributed by atoms with E-state index in [-0.39, 0.29) is 23.4 Å². The minimum atomic E-state index is -6.62. The summed E-state index contributed by atoms with van der Waals surface area (Å²) in [6, 6.07) is 5.94. The molecule has 0 amide bonds. The monoisotopic (exact) mass is 464 g/mol. The van der Waals surface area contributed by atoms with Crippen molar-refractivity contribution in [3.63, 3.8) is 0 Å². The van der Waals surface area contributed by atoms with Crippen LogP contribution in [0.2, 0.25) is 0 Å². The molecule has 0 atom stereocenters. The van der Waals surface area contributed by atoms with E-state index in [2.05, 4.69) is 15.0 Å². The number of hydrogen-bond acceptors (Lipinski definition) is 3. The molecule has 1 aromatic carbocycles. The Balaban J connectivity index is 2.01. The van der Waals surface area contributed by atoms with Crippen LogP contribution in [-0.2, 0) is 6.42 Å². The summed E-state index contributed by atoms with van der Waals surface area (Å²) < 4.78 is 106. The van der Waals surface area contributed by atoms with Crippen molar-refractivity contribution in [1.29, 1.82) is 0 Å². The average Bonchev–Trinajstić information content (AvgIpc) is 3.15. The quantitative estimate of drug-likeness (QED) is 0.402. The number of halogens is 8. The molecule has 0 N–H and O–H groups in total. The van der Waals surface area contributed by atoms with Gasteiger partial charge in [-0.15, -0.1) is 0 Å². The molecule has 0 saturated heterocycles. The van der Waals surface area contributed by atoms with Gasteiger partial charge in [0, 0.05) is 11.6 Å². The highest BCUT2D eigenvalue weighted by Crippen LogP contribution is 2.50. The highest BCUT2D eigenvalue weighted by molar-refractivity contribution is 5.88. The number of hydrogen-bond donors (Lipinski definition) is 0. The van der Waals surface area contributed by atoms with Gasteiger partial charge in [0.1, 0.15) is 17.5 Å². The first-order valence-corrected chi connectivity index (χ1v) is 9.23. The van der Waals surface area contributed by atoms with Gasteiger partial charge < -0.3 is 4.57 Å². The lowest BCUT2D eigenvalue weighted by molar-refractivity contribution is -0.347. The molecule has 0 aliphatic rings. The third-order valence-electron chi connectivity index (χ3n) is 4.74. The molecule has 4 nitrogen and oxygen atoms in total. The number of aromatic nitrogens is 4. The summed E-state index contributed by atoms with van der Waals surface area (Å²) in [5.41, 5.74) is 1.56. The molecule has 0 saturated carbocycles. The van der Waals surface area contributed by atoms with Crippen LogP contribution >= 0.6 is 0 Å². The third kappa shape index (κ3) is 3.93. The highest BCUT2D eigenvalue weighted by Gasteiger charge is 2.74. The number of allylic oxidation sites excluding steroid dienone is 2. The van der Waals surface area contributed by atoms with Crippen molar-refractivity contribution in [3.05, 3.63) is 54.4 Å². The van der Waals surface area contributed by atoms with Gasteiger partial charge in [-0.05, 0) is 31.9 Å². The Bertz CT molecular complexity index is 1150. The van der Waals surface area contributed by atoms with Gasteiger partial charge in [0.2, 0.25) is 0 Å². The fourth-order valence-corrected chi connectivity index (χ4v) is 3.01. The number of fused-ring (bicyclic) bond motifs is 1. The summed E-state index contributed by atoms with van der Waals surface area (Å²) in [5.74, 6) is -15.5. The predicted molar refractivity (Wildman–Crippen MR) is 100.0 cm³/mol. The van der Waals surface area contributed by atoms with Crippen LogP contribution in [0, 0.1) is 0 Å². The average molecular weight is 464 g/mol. The zero-order valence-corrected chi connectivity index (χ0v) is 16.6. The van der Waals surface area contributed by atoms with Gasteiger partial charge in [-0.3, -0.25) is 0 Å². The molecule has 0 unspecified atom stereocenters. The van der Waals surface area contributed by atoms with Gasteiger partial charge >= 0.3 is 18.0 Å². The van der Waals surface area contributed by atoms with E-state index in [0.29, 0.717) is 16.7 Å². The molecule has 32 heavy (non-hydrogen) atoms. The van der Waals surface area contributed by atoms with Gasteiger partial charge in [-0.2, -0.15) is 30.7 Å². The van der Waals surface area contributed by atoms with Crippen LogP contribution in [0.15, 0.2) is 48.8 Å². The molecule has 3 aromatic rings. The second-order valence-electron chi connectivity index (χ2n) is 7.20. The van der Waals surface area contributed by atoms with E-state index >= 15 is 0 Å². The van der Waals surface area contributed by atoms with Crippen molar-refractivity contribution in [3.8, 4) is 11.3 Å². The molecule has 2 aromatic heterocycles. The molecule has 0 fully saturated rings. The number of imidazole rings is 1. The van der Waals surface area contributed by atoms with Crippen molar-refractivity contribution in [2.45, 2.75) is 44.3 Å². The minimum Gasteiger partial charge on any atom is -0.313 e. The lowest BCUT2D eigenvalue weighted by atomic mass is 9.99. The first kappa shape index (κ1) is 23.6. The van der Waals surface area contributed by atoms with E-state index in [0.717, 1.165) is 0 Å². The Labute approximate surface area is 176 Å². The molecule has 0 aliphatic heterocycles. The molecular weight excluding hydrogens is 448 g/mol. The normalized spacial score (nSPS) is 13.9. The fourth-order valence-electron chi connectivity index (χ4n) is 3.01. The summed E-state index contributed by atoms with van der Waals surface area (Å²) in [4.78, 5) is 12.6. The van der Waals surface area contributed by atoms with Crippen LogP contribution in [0.4, 0.5) is 35.1 Å². The van der Waals surface area contributed by atoms with E-state index < -0.39 is 30.3 Å². The van der Waals surface area contributed by atoms with Crippen LogP contribution in [-0.4, -0.2) is 37.5 Å². The van der Waals surface area contributed by atoms with Gasteiger partial charge in [0.15, 0.2) is 11.5 Å². The zero-order chi connectivity index (χ0) is 23.9. The van der Waals surface area contributed by atoms with Crippen LogP contribution in [0.3, 0.4) is 0 Å². The summed E-state index contributed by atoms with van der Waals surface area (Å²) in [6.07, 6.45) is -4.55. The fraction of sp³-hybridized carbons (Fsp3) is 0.350. The zero-order valence-electron chi connectivity index (χ0n) is 16.6. The summed E-state index contributed by atoms with van der Waals surface area (Å²) >= 11 is 0. The van der Waals surface area contributed by atoms with Crippen molar-refractivity contribution in [2.75, 3.05) is 0 Å². The summed E-state index contributed by atoms with van der Waals surface area (Å²) in [5, 5.41) is 0. The summed E-state index contributed by atoms with van der Waals surface area (Å²) in [6.45, 7) is 3.78. The maximum atomic E-state index is 13.9. The van der Waals surface area contributed by atoms with E-state index in [9.17, 15) is 35.1 Å². The number of nitrogens with zero attached hydrogens (tertiary/aromatic N) is 4. The van der Waals surface area contributed by atoms with Gasteiger partial charge in [0.05, 0.1) is 6.33 Å². The van der Waals surface area contributed by atoms with Crippen LogP contribution in [0.5, 0.6) is 0 Å². The SMILES string of the molecule is CC(C)n1cnc2c(-c3ccccc3C/C=C(/F)C(F)(F)C(F)(F)C(F)(F)F)ncnc21. The first-order chi connectivity index (χ1) is 14.8. The number of benzene rings is 1. The van der Waals surface area contributed by atoms with Crippen molar-refractivity contribution < 1.29 is 35.1 Å². The van der Waals surface area contributed by atoms with E-state index in [1.165, 1.54) is 30.9 Å². The van der Waals surface area contributed by atoms with E-state index in [1.807, 2.05) is 13.8 Å². The molecule has 0 spiro atoms. The highest BCUT2D eigenvalue weighted by atomic mass is 19.4. The second kappa shape index (κ2) is 8.14. The molecule has 0 radical (unpaired) electrons. The molecule has 3 rings (SSSR count). The Hall–Kier alpha value is -3.05. The Kier molecular flexibility index (Phi) is 6.00. The van der Waals surface area contributed by atoms with Crippen molar-refractivity contribution in [2.24, 2.45) is 0 Å². The van der Waals surface area contributed by atoms with Crippen LogP contribution in [0.1, 0.15) is 25.5 Å². The number of rotatable bonds is 6. The maximum Gasteiger partial charge on any atom is 0.460 e. The maximum absolute atomic E-state index is 13.9. The van der Waals surface area contributed by atoms with E-state index in [4.69, 9.17) is 0 Å². The van der Waals surface area contributed by atoms with Gasteiger partial charge in [0.25, 0.3) is 0 Å². The third-order valence-corrected chi connectivity index (χ3v) is 4.74. The lowest BCUT2D eigenvalue weighted by Crippen LogP contribution is -2.52. The molecule has 0 bridgehead atoms. The molecule has 0 aliphatic carbocycles. The Morgan fingerprint density at radius 3 is 2.28 bits per heavy atom. The molecule has 12 heteroatoms. The van der Waals surface area contributed by atoms with Crippen molar-refractivity contribution >= 4 is 11.2 Å². The topological polar surface area (TPSA) is 43.6 Å².